The molecule has 2 N–H and O–H groups in total. The molecule has 2 heterocycles. The summed E-state index contributed by atoms with van der Waals surface area (Å²) in [7, 11) is 1.83. The van der Waals surface area contributed by atoms with E-state index in [2.05, 4.69) is 21.7 Å². The van der Waals surface area contributed by atoms with Crippen LogP contribution in [0.15, 0.2) is 41.9 Å². The van der Waals surface area contributed by atoms with Gasteiger partial charge in [0.25, 0.3) is 0 Å². The Morgan fingerprint density at radius 1 is 1.32 bits per heavy atom. The van der Waals surface area contributed by atoms with E-state index in [1.54, 1.807) is 22.4 Å². The normalized spacial score (nSPS) is 11.7. The molecule has 6 heteroatoms. The van der Waals surface area contributed by atoms with Crippen LogP contribution in [-0.4, -0.2) is 36.1 Å². The molecular formula is C16H22N4OS. The van der Waals surface area contributed by atoms with E-state index in [0.717, 1.165) is 18.8 Å². The van der Waals surface area contributed by atoms with Crippen molar-refractivity contribution in [3.63, 3.8) is 0 Å². The minimum atomic E-state index is -0.0428. The molecule has 0 bridgehead atoms. The molecular weight excluding hydrogens is 296 g/mol. The summed E-state index contributed by atoms with van der Waals surface area (Å²) in [6.45, 7) is 3.45. The van der Waals surface area contributed by atoms with Crippen LogP contribution in [0.5, 0.6) is 0 Å². The van der Waals surface area contributed by atoms with E-state index < -0.39 is 0 Å². The Hall–Kier alpha value is -2.08. The molecule has 2 aromatic rings. The summed E-state index contributed by atoms with van der Waals surface area (Å²) < 4.78 is 0. The number of anilines is 1. The Morgan fingerprint density at radius 2 is 2.18 bits per heavy atom. The Balaban J connectivity index is 1.65. The van der Waals surface area contributed by atoms with Crippen LogP contribution >= 0.6 is 11.3 Å². The van der Waals surface area contributed by atoms with Crippen LogP contribution < -0.4 is 10.6 Å². The number of rotatable bonds is 7. The smallest absolute Gasteiger partial charge is 0.317 e. The van der Waals surface area contributed by atoms with Crippen molar-refractivity contribution in [3.8, 4) is 0 Å². The van der Waals surface area contributed by atoms with Crippen molar-refractivity contribution in [2.75, 3.05) is 25.5 Å². The molecule has 0 radical (unpaired) electrons. The number of amides is 2. The molecule has 0 spiro atoms. The predicted molar refractivity (Wildman–Crippen MR) is 91.2 cm³/mol. The summed E-state index contributed by atoms with van der Waals surface area (Å²) >= 11 is 1.67. The number of urea groups is 1. The van der Waals surface area contributed by atoms with E-state index in [0.29, 0.717) is 6.54 Å². The fourth-order valence-corrected chi connectivity index (χ4v) is 2.81. The van der Waals surface area contributed by atoms with Gasteiger partial charge in [0.05, 0.1) is 6.04 Å². The lowest BCUT2D eigenvalue weighted by Gasteiger charge is -2.24. The first-order valence-electron chi connectivity index (χ1n) is 7.37. The van der Waals surface area contributed by atoms with Crippen molar-refractivity contribution in [2.24, 2.45) is 0 Å². The lowest BCUT2D eigenvalue weighted by Crippen LogP contribution is -2.39. The first-order valence-corrected chi connectivity index (χ1v) is 8.25. The molecule has 0 saturated carbocycles. The van der Waals surface area contributed by atoms with E-state index >= 15 is 0 Å². The van der Waals surface area contributed by atoms with Crippen molar-refractivity contribution in [1.82, 2.24) is 15.2 Å². The average Bonchev–Trinajstić information content (AvgIpc) is 3.08. The molecule has 0 saturated heterocycles. The molecule has 2 amide bonds. The largest absolute Gasteiger partial charge is 0.370 e. The van der Waals surface area contributed by atoms with Gasteiger partial charge in [0.1, 0.15) is 5.82 Å². The molecule has 2 rings (SSSR count). The van der Waals surface area contributed by atoms with Crippen LogP contribution in [-0.2, 0) is 0 Å². The SMILES string of the molecule is CC(c1cccs1)N(C)C(=O)NCCCNc1ccccn1. The first-order chi connectivity index (χ1) is 10.7. The number of hydrogen-bond donors (Lipinski definition) is 2. The highest BCUT2D eigenvalue weighted by Gasteiger charge is 2.17. The Bertz CT molecular complexity index is 559. The van der Waals surface area contributed by atoms with E-state index in [9.17, 15) is 4.79 Å². The van der Waals surface area contributed by atoms with Crippen molar-refractivity contribution in [1.29, 1.82) is 0 Å². The van der Waals surface area contributed by atoms with Crippen LogP contribution in [0.4, 0.5) is 10.6 Å². The van der Waals surface area contributed by atoms with Crippen molar-refractivity contribution < 1.29 is 4.79 Å². The van der Waals surface area contributed by atoms with Gasteiger partial charge < -0.3 is 15.5 Å². The molecule has 1 atom stereocenters. The van der Waals surface area contributed by atoms with Crippen LogP contribution in [0.3, 0.4) is 0 Å². The monoisotopic (exact) mass is 318 g/mol. The second kappa shape index (κ2) is 8.38. The predicted octanol–water partition coefficient (Wildman–Crippen LogP) is 3.35. The Morgan fingerprint density at radius 3 is 2.86 bits per heavy atom. The van der Waals surface area contributed by atoms with E-state index in [4.69, 9.17) is 0 Å². The number of nitrogens with one attached hydrogen (secondary N) is 2. The van der Waals surface area contributed by atoms with Crippen molar-refractivity contribution >= 4 is 23.2 Å². The third kappa shape index (κ3) is 4.73. The summed E-state index contributed by atoms with van der Waals surface area (Å²) in [4.78, 5) is 19.2. The zero-order chi connectivity index (χ0) is 15.8. The molecule has 118 valence electrons. The Kier molecular flexibility index (Phi) is 6.21. The zero-order valence-corrected chi connectivity index (χ0v) is 13.8. The summed E-state index contributed by atoms with van der Waals surface area (Å²) in [6.07, 6.45) is 2.61. The van der Waals surface area contributed by atoms with E-state index in [-0.39, 0.29) is 12.1 Å². The van der Waals surface area contributed by atoms with Gasteiger partial charge in [-0.1, -0.05) is 12.1 Å². The zero-order valence-electron chi connectivity index (χ0n) is 13.0. The van der Waals surface area contributed by atoms with Gasteiger partial charge >= 0.3 is 6.03 Å². The molecule has 0 aliphatic rings. The van der Waals surface area contributed by atoms with Gasteiger partial charge in [-0.2, -0.15) is 0 Å². The quantitative estimate of drug-likeness (QED) is 0.770. The van der Waals surface area contributed by atoms with Gasteiger partial charge in [-0.3, -0.25) is 0 Å². The van der Waals surface area contributed by atoms with Crippen LogP contribution in [0, 0.1) is 0 Å². The average molecular weight is 318 g/mol. The van der Waals surface area contributed by atoms with Crippen LogP contribution in [0.1, 0.15) is 24.3 Å². The molecule has 5 nitrogen and oxygen atoms in total. The summed E-state index contributed by atoms with van der Waals surface area (Å²) in [6, 6.07) is 9.86. The lowest BCUT2D eigenvalue weighted by atomic mass is 10.2. The van der Waals surface area contributed by atoms with Gasteiger partial charge in [-0.25, -0.2) is 9.78 Å². The van der Waals surface area contributed by atoms with Gasteiger partial charge in [0, 0.05) is 31.2 Å². The highest BCUT2D eigenvalue weighted by molar-refractivity contribution is 7.10. The second-order valence-corrected chi connectivity index (χ2v) is 6.01. The van der Waals surface area contributed by atoms with E-state index in [1.807, 2.05) is 43.6 Å². The van der Waals surface area contributed by atoms with Crippen molar-refractivity contribution in [3.05, 3.63) is 46.8 Å². The number of hydrogen-bond acceptors (Lipinski definition) is 4. The number of carbonyl (C=O) groups is 1. The number of pyridine rings is 1. The first kappa shape index (κ1) is 16.3. The maximum absolute atomic E-state index is 12.1. The third-order valence-corrected chi connectivity index (χ3v) is 4.50. The maximum Gasteiger partial charge on any atom is 0.317 e. The second-order valence-electron chi connectivity index (χ2n) is 5.03. The van der Waals surface area contributed by atoms with Gasteiger partial charge in [-0.05, 0) is 36.9 Å². The minimum absolute atomic E-state index is 0.0428. The molecule has 0 aromatic carbocycles. The molecule has 0 aliphatic carbocycles. The molecule has 2 aromatic heterocycles. The Labute approximate surface area is 135 Å². The minimum Gasteiger partial charge on any atom is -0.370 e. The number of nitrogens with zero attached hydrogens (tertiary/aromatic N) is 2. The summed E-state index contributed by atoms with van der Waals surface area (Å²) in [5.41, 5.74) is 0. The fraction of sp³-hybridized carbons (Fsp3) is 0.375. The lowest BCUT2D eigenvalue weighted by molar-refractivity contribution is 0.195. The molecule has 22 heavy (non-hydrogen) atoms. The third-order valence-electron chi connectivity index (χ3n) is 3.46. The summed E-state index contributed by atoms with van der Waals surface area (Å²) in [5, 5.41) is 8.19. The molecule has 1 unspecified atom stereocenters. The van der Waals surface area contributed by atoms with Gasteiger partial charge in [0.15, 0.2) is 0 Å². The summed E-state index contributed by atoms with van der Waals surface area (Å²) in [5.74, 6) is 0.859. The van der Waals surface area contributed by atoms with Crippen LogP contribution in [0.25, 0.3) is 0 Å². The number of aromatic nitrogens is 1. The topological polar surface area (TPSA) is 57.3 Å². The highest BCUT2D eigenvalue weighted by atomic mass is 32.1. The molecule has 0 aliphatic heterocycles. The molecule has 0 fully saturated rings. The fourth-order valence-electron chi connectivity index (χ4n) is 1.99. The maximum atomic E-state index is 12.1. The number of thiophene rings is 1. The van der Waals surface area contributed by atoms with Gasteiger partial charge in [0.2, 0.25) is 0 Å². The van der Waals surface area contributed by atoms with E-state index in [1.165, 1.54) is 4.88 Å². The van der Waals surface area contributed by atoms with Crippen molar-refractivity contribution in [2.45, 2.75) is 19.4 Å². The standard InChI is InChI=1S/C16H22N4OS/c1-13(14-7-5-12-22-14)20(2)16(21)19-11-6-10-18-15-8-3-4-9-17-15/h3-5,7-9,12-13H,6,10-11H2,1-2H3,(H,17,18)(H,19,21). The number of carbonyl (C=O) groups excluding carboxylic acids is 1. The van der Waals surface area contributed by atoms with Crippen LogP contribution in [0.2, 0.25) is 0 Å². The van der Waals surface area contributed by atoms with Gasteiger partial charge in [-0.15, -0.1) is 11.3 Å². The highest BCUT2D eigenvalue weighted by Crippen LogP contribution is 2.23.